The van der Waals surface area contributed by atoms with Crippen molar-refractivity contribution in [2.75, 3.05) is 9.80 Å². The molecule has 0 bridgehead atoms. The Hall–Kier alpha value is -5.02. The van der Waals surface area contributed by atoms with Gasteiger partial charge in [0.1, 0.15) is 0 Å². The van der Waals surface area contributed by atoms with Crippen LogP contribution in [0, 0.1) is 6.92 Å². The molecule has 2 heterocycles. The lowest BCUT2D eigenvalue weighted by Gasteiger charge is -2.49. The quantitative estimate of drug-likeness (QED) is 0.162. The van der Waals surface area contributed by atoms with E-state index in [1.54, 1.807) is 0 Å². The van der Waals surface area contributed by atoms with E-state index in [9.17, 15) is 0 Å². The van der Waals surface area contributed by atoms with Crippen molar-refractivity contribution >= 4 is 57.2 Å². The summed E-state index contributed by atoms with van der Waals surface area (Å²) in [5, 5.41) is 0. The van der Waals surface area contributed by atoms with Crippen molar-refractivity contribution in [2.45, 2.75) is 206 Å². The summed E-state index contributed by atoms with van der Waals surface area (Å²) in [6, 6.07) is 42.3. The third-order valence-corrected chi connectivity index (χ3v) is 19.6. The van der Waals surface area contributed by atoms with Gasteiger partial charge in [-0.2, -0.15) is 0 Å². The molecule has 3 aliphatic carbocycles. The maximum absolute atomic E-state index is 2.75. The molecule has 5 aliphatic rings. The smallest absolute Gasteiger partial charge is 0.252 e. The second-order valence-electron chi connectivity index (χ2n) is 28.7. The predicted molar refractivity (Wildman–Crippen MR) is 308 cm³/mol. The highest BCUT2D eigenvalue weighted by Crippen LogP contribution is 2.55. The van der Waals surface area contributed by atoms with E-state index < -0.39 is 0 Å². The minimum Gasteiger partial charge on any atom is -0.311 e. The average molecular weight is 939 g/mol. The first-order chi connectivity index (χ1) is 32.9. The molecule has 0 fully saturated rings. The van der Waals surface area contributed by atoms with Crippen LogP contribution in [-0.4, -0.2) is 6.71 Å². The zero-order valence-corrected chi connectivity index (χ0v) is 47.0. The Kier molecular flexibility index (Phi) is 10.4. The second-order valence-corrected chi connectivity index (χ2v) is 28.7. The molecule has 6 aromatic rings. The molecular weight excluding hydrogens is 856 g/mol. The summed E-state index contributed by atoms with van der Waals surface area (Å²) in [4.78, 5) is 5.50. The van der Waals surface area contributed by atoms with Gasteiger partial charge >= 0.3 is 0 Å². The fraction of sp³-hybridized carbons (Fsp3) is 0.471. The van der Waals surface area contributed by atoms with Crippen LogP contribution < -0.4 is 26.2 Å². The van der Waals surface area contributed by atoms with Crippen LogP contribution in [0.2, 0.25) is 0 Å². The molecule has 368 valence electrons. The number of anilines is 6. The lowest BCUT2D eigenvalue weighted by atomic mass is 9.33. The number of nitrogens with zero attached hydrogens (tertiary/aromatic N) is 2. The maximum Gasteiger partial charge on any atom is 0.252 e. The van der Waals surface area contributed by atoms with Crippen LogP contribution in [-0.2, 0) is 43.3 Å². The van der Waals surface area contributed by atoms with Crippen LogP contribution >= 0.6 is 0 Å². The number of hydrogen-bond donors (Lipinski definition) is 0. The molecule has 0 spiro atoms. The van der Waals surface area contributed by atoms with Crippen molar-refractivity contribution < 1.29 is 0 Å². The zero-order chi connectivity index (χ0) is 51.0. The molecule has 0 saturated carbocycles. The summed E-state index contributed by atoms with van der Waals surface area (Å²) in [7, 11) is 0. The third-order valence-electron chi connectivity index (χ3n) is 19.6. The van der Waals surface area contributed by atoms with Gasteiger partial charge in [-0.05, 0) is 198 Å². The molecule has 0 amide bonds. The van der Waals surface area contributed by atoms with Crippen LogP contribution in [0.5, 0.6) is 0 Å². The Morgan fingerprint density at radius 2 is 0.831 bits per heavy atom. The summed E-state index contributed by atoms with van der Waals surface area (Å²) in [5.74, 6) is 0. The molecule has 0 radical (unpaired) electrons. The van der Waals surface area contributed by atoms with Gasteiger partial charge in [-0.15, -0.1) is 0 Å². The lowest BCUT2D eigenvalue weighted by molar-refractivity contribution is 0.332. The molecule has 0 aromatic heterocycles. The summed E-state index contributed by atoms with van der Waals surface area (Å²) in [6.07, 6.45) is 7.12. The molecule has 0 unspecified atom stereocenters. The van der Waals surface area contributed by atoms with Gasteiger partial charge in [0.15, 0.2) is 0 Å². The molecule has 11 rings (SSSR count). The number of hydrogen-bond acceptors (Lipinski definition) is 2. The Bertz CT molecular complexity index is 3180. The SMILES string of the molecule is Cc1cc2c(cc1N1c3cc(C(C)(C)c4ccccc4)ccc3B3c4cc5c(cc4N(c4ccc6c(c4)C(C)(C)CCC6(C)C)c4cc(C(C)(C)C)cc1c43)C(C)(C)CCC5(C)C)C(C)(C)CCC2(C)C. The Balaban J connectivity index is 1.29. The van der Waals surface area contributed by atoms with Gasteiger partial charge in [-0.25, -0.2) is 0 Å². The van der Waals surface area contributed by atoms with Gasteiger partial charge in [-0.1, -0.05) is 178 Å². The van der Waals surface area contributed by atoms with E-state index in [4.69, 9.17) is 0 Å². The largest absolute Gasteiger partial charge is 0.311 e. The van der Waals surface area contributed by atoms with Crippen molar-refractivity contribution in [2.24, 2.45) is 0 Å². The summed E-state index contributed by atoms with van der Waals surface area (Å²) >= 11 is 0. The first kappa shape index (κ1) is 48.3. The minimum absolute atomic E-state index is 0.0350. The first-order valence-corrected chi connectivity index (χ1v) is 27.4. The highest BCUT2D eigenvalue weighted by molar-refractivity contribution is 7.00. The van der Waals surface area contributed by atoms with E-state index >= 15 is 0 Å². The van der Waals surface area contributed by atoms with Crippen molar-refractivity contribution in [3.63, 3.8) is 0 Å². The Morgan fingerprint density at radius 1 is 0.380 bits per heavy atom. The number of benzene rings is 6. The molecule has 6 aromatic carbocycles. The Labute approximate surface area is 430 Å². The molecule has 2 aliphatic heterocycles. The first-order valence-electron chi connectivity index (χ1n) is 27.4. The Morgan fingerprint density at radius 3 is 1.38 bits per heavy atom. The molecule has 2 nitrogen and oxygen atoms in total. The van der Waals surface area contributed by atoms with Crippen molar-refractivity contribution in [3.8, 4) is 0 Å². The zero-order valence-electron chi connectivity index (χ0n) is 47.0. The van der Waals surface area contributed by atoms with Crippen LogP contribution in [0.4, 0.5) is 34.1 Å². The third kappa shape index (κ3) is 7.30. The fourth-order valence-electron chi connectivity index (χ4n) is 14.1. The highest BCUT2D eigenvalue weighted by atomic mass is 15.2. The molecule has 0 N–H and O–H groups in total. The van der Waals surface area contributed by atoms with Crippen LogP contribution in [0.1, 0.15) is 212 Å². The molecule has 71 heavy (non-hydrogen) atoms. The number of aryl methyl sites for hydroxylation is 1. The van der Waals surface area contributed by atoms with E-state index in [0.29, 0.717) is 0 Å². The van der Waals surface area contributed by atoms with Gasteiger partial charge in [0, 0.05) is 39.5 Å². The monoisotopic (exact) mass is 939 g/mol. The van der Waals surface area contributed by atoms with E-state index in [1.165, 1.54) is 145 Å². The van der Waals surface area contributed by atoms with Gasteiger partial charge in [0.05, 0.1) is 0 Å². The number of fused-ring (bicyclic) bond motifs is 7. The predicted octanol–water partition coefficient (Wildman–Crippen LogP) is 16.7. The van der Waals surface area contributed by atoms with Gasteiger partial charge in [-0.3, -0.25) is 0 Å². The summed E-state index contributed by atoms with van der Waals surface area (Å²) in [5.41, 5.74) is 26.7. The van der Waals surface area contributed by atoms with Crippen LogP contribution in [0.25, 0.3) is 0 Å². The van der Waals surface area contributed by atoms with E-state index in [2.05, 4.69) is 238 Å². The van der Waals surface area contributed by atoms with Gasteiger partial charge in [0.25, 0.3) is 6.71 Å². The van der Waals surface area contributed by atoms with Crippen molar-refractivity contribution in [3.05, 3.63) is 159 Å². The second kappa shape index (κ2) is 15.3. The van der Waals surface area contributed by atoms with Crippen molar-refractivity contribution in [1.82, 2.24) is 0 Å². The van der Waals surface area contributed by atoms with Crippen LogP contribution in [0.15, 0.2) is 103 Å². The number of rotatable bonds is 4. The highest BCUT2D eigenvalue weighted by Gasteiger charge is 2.49. The summed E-state index contributed by atoms with van der Waals surface area (Å²) < 4.78 is 0. The molecular formula is C68H83BN2. The normalized spacial score (nSPS) is 20.5. The minimum atomic E-state index is -0.220. The fourth-order valence-corrected chi connectivity index (χ4v) is 14.1. The standard InChI is InChI=1S/C68H83BN2/c1-42-34-48-51(66(13,14)32-30-63(48,7)8)40-55(42)71-56-35-44(68(17,18)43-22-20-19-21-23-43)24-27-53(56)69-54-39-50-52(67(15,16)33-31-65(50,11)12)41-57(54)70(58-36-45(61(2,3)4)37-59(71)60(58)69)46-25-26-47-49(38-46)64(9,10)29-28-62(47,5)6/h19-27,34-41H,28-33H2,1-18H3. The topological polar surface area (TPSA) is 6.48 Å². The van der Waals surface area contributed by atoms with Crippen LogP contribution in [0.3, 0.4) is 0 Å². The molecule has 0 saturated heterocycles. The average Bonchev–Trinajstić information content (AvgIpc) is 3.30. The summed E-state index contributed by atoms with van der Waals surface area (Å²) in [6.45, 7) is 44.3. The van der Waals surface area contributed by atoms with Gasteiger partial charge in [0.2, 0.25) is 0 Å². The van der Waals surface area contributed by atoms with Gasteiger partial charge < -0.3 is 9.80 Å². The van der Waals surface area contributed by atoms with E-state index in [1.807, 2.05) is 0 Å². The van der Waals surface area contributed by atoms with Crippen molar-refractivity contribution in [1.29, 1.82) is 0 Å². The molecule has 0 atom stereocenters. The molecule has 3 heteroatoms. The lowest BCUT2D eigenvalue weighted by Crippen LogP contribution is -2.62. The maximum atomic E-state index is 2.75. The van der Waals surface area contributed by atoms with E-state index in [0.717, 1.165) is 0 Å². The van der Waals surface area contributed by atoms with E-state index in [-0.39, 0.29) is 50.0 Å².